The van der Waals surface area contributed by atoms with Crippen molar-refractivity contribution in [3.63, 3.8) is 0 Å². The van der Waals surface area contributed by atoms with Crippen molar-refractivity contribution >= 4 is 35.0 Å². The Kier molecular flexibility index (Phi) is 6.99. The van der Waals surface area contributed by atoms with Gasteiger partial charge in [0.05, 0.1) is 11.0 Å². The molecule has 0 aliphatic rings. The Balaban J connectivity index is 1.93. The van der Waals surface area contributed by atoms with E-state index in [1.807, 2.05) is 37.3 Å². The highest BCUT2D eigenvalue weighted by Gasteiger charge is 2.11. The molecule has 6 nitrogen and oxygen atoms in total. The number of nitro benzene ring substituents is 1. The number of nitrogens with one attached hydrogen (secondary N) is 2. The molecule has 26 heavy (non-hydrogen) atoms. The van der Waals surface area contributed by atoms with Gasteiger partial charge in [-0.1, -0.05) is 49.4 Å². The fourth-order valence-corrected chi connectivity index (χ4v) is 2.61. The lowest BCUT2D eigenvalue weighted by Gasteiger charge is -2.19. The average molecular weight is 369 g/mol. The summed E-state index contributed by atoms with van der Waals surface area (Å²) in [6, 6.07) is 15.9. The molecule has 0 saturated heterocycles. The van der Waals surface area contributed by atoms with Crippen LogP contribution in [0.4, 0.5) is 5.69 Å². The van der Waals surface area contributed by atoms with Gasteiger partial charge in [-0.15, -0.1) is 0 Å². The monoisotopic (exact) mass is 369 g/mol. The SMILES string of the molecule is CCC(NC(=S)NC(=O)/C=C/c1cccc([N+](=O)[O-])c1)c1ccccc1. The van der Waals surface area contributed by atoms with E-state index in [0.29, 0.717) is 5.56 Å². The number of rotatable bonds is 6. The normalized spacial score (nSPS) is 11.7. The maximum atomic E-state index is 12.0. The van der Waals surface area contributed by atoms with E-state index in [0.717, 1.165) is 12.0 Å². The standard InChI is InChI=1S/C19H19N3O3S/c1-2-17(15-8-4-3-5-9-15)20-19(26)21-18(23)12-11-14-7-6-10-16(13-14)22(24)25/h3-13,17H,2H2,1H3,(H2,20,21,23,26)/b12-11+. The molecule has 0 saturated carbocycles. The first kappa shape index (κ1) is 19.3. The van der Waals surface area contributed by atoms with E-state index in [2.05, 4.69) is 10.6 Å². The van der Waals surface area contributed by atoms with Crippen molar-refractivity contribution in [1.29, 1.82) is 0 Å². The van der Waals surface area contributed by atoms with Gasteiger partial charge >= 0.3 is 0 Å². The zero-order chi connectivity index (χ0) is 18.9. The molecule has 0 bridgehead atoms. The van der Waals surface area contributed by atoms with Crippen LogP contribution in [0.5, 0.6) is 0 Å². The maximum absolute atomic E-state index is 12.0. The van der Waals surface area contributed by atoms with Crippen molar-refractivity contribution in [2.75, 3.05) is 0 Å². The summed E-state index contributed by atoms with van der Waals surface area (Å²) in [5.41, 5.74) is 1.61. The summed E-state index contributed by atoms with van der Waals surface area (Å²) in [4.78, 5) is 22.3. The fourth-order valence-electron chi connectivity index (χ4n) is 2.37. The molecule has 1 amide bonds. The van der Waals surface area contributed by atoms with E-state index in [-0.39, 0.29) is 16.8 Å². The first-order valence-electron chi connectivity index (χ1n) is 8.08. The number of thiocarbonyl (C=S) groups is 1. The van der Waals surface area contributed by atoms with Crippen LogP contribution in [0.15, 0.2) is 60.7 Å². The van der Waals surface area contributed by atoms with Crippen molar-refractivity contribution in [2.45, 2.75) is 19.4 Å². The van der Waals surface area contributed by atoms with Crippen molar-refractivity contribution in [2.24, 2.45) is 0 Å². The van der Waals surface area contributed by atoms with Gasteiger partial charge in [-0.2, -0.15) is 0 Å². The van der Waals surface area contributed by atoms with Crippen LogP contribution in [0.3, 0.4) is 0 Å². The number of hydrogen-bond donors (Lipinski definition) is 2. The predicted molar refractivity (Wildman–Crippen MR) is 105 cm³/mol. The van der Waals surface area contributed by atoms with Crippen LogP contribution in [0.25, 0.3) is 6.08 Å². The third-order valence-corrected chi connectivity index (χ3v) is 3.88. The second-order valence-corrected chi connectivity index (χ2v) is 5.93. The number of nitro groups is 1. The first-order valence-corrected chi connectivity index (χ1v) is 8.49. The number of nitrogens with zero attached hydrogens (tertiary/aromatic N) is 1. The smallest absolute Gasteiger partial charge is 0.270 e. The molecular formula is C19H19N3O3S. The van der Waals surface area contributed by atoms with E-state index in [9.17, 15) is 14.9 Å². The Labute approximate surface area is 157 Å². The minimum Gasteiger partial charge on any atom is -0.356 e. The Morgan fingerprint density at radius 2 is 1.96 bits per heavy atom. The highest BCUT2D eigenvalue weighted by Crippen LogP contribution is 2.16. The average Bonchev–Trinajstić information content (AvgIpc) is 2.65. The Morgan fingerprint density at radius 1 is 1.23 bits per heavy atom. The Hall–Kier alpha value is -3.06. The maximum Gasteiger partial charge on any atom is 0.270 e. The molecule has 0 spiro atoms. The van der Waals surface area contributed by atoms with Crippen LogP contribution in [0, 0.1) is 10.1 Å². The van der Waals surface area contributed by atoms with Crippen molar-refractivity contribution in [3.8, 4) is 0 Å². The van der Waals surface area contributed by atoms with Gasteiger partial charge in [0, 0.05) is 18.2 Å². The number of amides is 1. The van der Waals surface area contributed by atoms with E-state index >= 15 is 0 Å². The molecule has 0 aromatic heterocycles. The summed E-state index contributed by atoms with van der Waals surface area (Å²) in [6.45, 7) is 2.03. The summed E-state index contributed by atoms with van der Waals surface area (Å²) in [5.74, 6) is -0.406. The second kappa shape index (κ2) is 9.43. The van der Waals surface area contributed by atoms with Gasteiger partial charge in [-0.3, -0.25) is 20.2 Å². The lowest BCUT2D eigenvalue weighted by Crippen LogP contribution is -2.40. The van der Waals surface area contributed by atoms with Crippen LogP contribution in [-0.4, -0.2) is 15.9 Å². The molecule has 0 aliphatic carbocycles. The van der Waals surface area contributed by atoms with Gasteiger partial charge in [-0.25, -0.2) is 0 Å². The quantitative estimate of drug-likeness (QED) is 0.351. The predicted octanol–water partition coefficient (Wildman–Crippen LogP) is 3.75. The van der Waals surface area contributed by atoms with Gasteiger partial charge in [0.15, 0.2) is 5.11 Å². The highest BCUT2D eigenvalue weighted by atomic mass is 32.1. The van der Waals surface area contributed by atoms with Crippen LogP contribution in [0.1, 0.15) is 30.5 Å². The topological polar surface area (TPSA) is 84.3 Å². The molecule has 2 aromatic rings. The lowest BCUT2D eigenvalue weighted by atomic mass is 10.1. The molecular weight excluding hydrogens is 350 g/mol. The van der Waals surface area contributed by atoms with Gasteiger partial charge < -0.3 is 5.32 Å². The summed E-state index contributed by atoms with van der Waals surface area (Å²) < 4.78 is 0. The molecule has 0 radical (unpaired) electrons. The zero-order valence-corrected chi connectivity index (χ0v) is 15.0. The van der Waals surface area contributed by atoms with Crippen LogP contribution < -0.4 is 10.6 Å². The number of benzene rings is 2. The number of carbonyl (C=O) groups excluding carboxylic acids is 1. The third kappa shape index (κ3) is 5.78. The molecule has 0 heterocycles. The summed E-state index contributed by atoms with van der Waals surface area (Å²) in [6.07, 6.45) is 3.60. The van der Waals surface area contributed by atoms with Gasteiger partial charge in [0.1, 0.15) is 0 Å². The van der Waals surface area contributed by atoms with Crippen LogP contribution in [-0.2, 0) is 4.79 Å². The summed E-state index contributed by atoms with van der Waals surface area (Å²) >= 11 is 5.19. The number of carbonyl (C=O) groups is 1. The fraction of sp³-hybridized carbons (Fsp3) is 0.158. The summed E-state index contributed by atoms with van der Waals surface area (Å²) in [7, 11) is 0. The molecule has 7 heteroatoms. The second-order valence-electron chi connectivity index (χ2n) is 5.52. The molecule has 0 fully saturated rings. The molecule has 134 valence electrons. The highest BCUT2D eigenvalue weighted by molar-refractivity contribution is 7.80. The zero-order valence-electron chi connectivity index (χ0n) is 14.2. The Morgan fingerprint density at radius 3 is 2.62 bits per heavy atom. The molecule has 2 rings (SSSR count). The van der Waals surface area contributed by atoms with E-state index in [1.165, 1.54) is 24.3 Å². The molecule has 0 aliphatic heterocycles. The summed E-state index contributed by atoms with van der Waals surface area (Å²) in [5, 5.41) is 16.7. The largest absolute Gasteiger partial charge is 0.356 e. The van der Waals surface area contributed by atoms with Crippen molar-refractivity contribution < 1.29 is 9.72 Å². The van der Waals surface area contributed by atoms with Crippen molar-refractivity contribution in [1.82, 2.24) is 10.6 Å². The Bertz CT molecular complexity index is 822. The van der Waals surface area contributed by atoms with Gasteiger partial charge in [-0.05, 0) is 35.8 Å². The van der Waals surface area contributed by atoms with E-state index in [1.54, 1.807) is 12.1 Å². The minimum absolute atomic E-state index is 0.00440. The van der Waals surface area contributed by atoms with Gasteiger partial charge in [0.25, 0.3) is 5.69 Å². The number of hydrogen-bond acceptors (Lipinski definition) is 4. The van der Waals surface area contributed by atoms with E-state index in [4.69, 9.17) is 12.2 Å². The minimum atomic E-state index is -0.481. The van der Waals surface area contributed by atoms with Gasteiger partial charge in [0.2, 0.25) is 5.91 Å². The molecule has 1 unspecified atom stereocenters. The van der Waals surface area contributed by atoms with Crippen LogP contribution in [0.2, 0.25) is 0 Å². The number of non-ortho nitro benzene ring substituents is 1. The van der Waals surface area contributed by atoms with Crippen LogP contribution >= 0.6 is 12.2 Å². The van der Waals surface area contributed by atoms with E-state index < -0.39 is 10.8 Å². The molecule has 1 atom stereocenters. The third-order valence-electron chi connectivity index (χ3n) is 3.66. The molecule has 2 N–H and O–H groups in total. The molecule has 2 aromatic carbocycles. The van der Waals surface area contributed by atoms with Crippen molar-refractivity contribution in [3.05, 3.63) is 81.9 Å². The first-order chi connectivity index (χ1) is 12.5. The lowest BCUT2D eigenvalue weighted by molar-refractivity contribution is -0.384.